The molecule has 0 amide bonds. The van der Waals surface area contributed by atoms with Crippen molar-refractivity contribution in [2.75, 3.05) is 13.2 Å². The van der Waals surface area contributed by atoms with Gasteiger partial charge >= 0.3 is 5.97 Å². The fourth-order valence-electron chi connectivity index (χ4n) is 3.94. The highest BCUT2D eigenvalue weighted by Crippen LogP contribution is 2.30. The average Bonchev–Trinajstić information content (AvgIpc) is 2.86. The lowest BCUT2D eigenvalue weighted by molar-refractivity contribution is 0.0452. The minimum Gasteiger partial charge on any atom is -0.490 e. The topological polar surface area (TPSA) is 48.4 Å². The maximum atomic E-state index is 13.1. The van der Waals surface area contributed by atoms with E-state index in [4.69, 9.17) is 14.5 Å². The summed E-state index contributed by atoms with van der Waals surface area (Å²) in [6, 6.07) is 31.5. The van der Waals surface area contributed by atoms with Gasteiger partial charge in [-0.2, -0.15) is 0 Å². The van der Waals surface area contributed by atoms with E-state index < -0.39 is 0 Å². The van der Waals surface area contributed by atoms with Crippen LogP contribution < -0.4 is 4.74 Å². The Morgan fingerprint density at radius 2 is 1.52 bits per heavy atom. The van der Waals surface area contributed by atoms with Gasteiger partial charge in [-0.15, -0.1) is 0 Å². The lowest BCUT2D eigenvalue weighted by Crippen LogP contribution is -2.13. The Kier molecular flexibility index (Phi) is 5.73. The quantitative estimate of drug-likeness (QED) is 0.224. The fourth-order valence-corrected chi connectivity index (χ4v) is 3.94. The Morgan fingerprint density at radius 3 is 2.36 bits per heavy atom. The summed E-state index contributed by atoms with van der Waals surface area (Å²) in [6.07, 6.45) is 0. The predicted octanol–water partition coefficient (Wildman–Crippen LogP) is 6.60. The van der Waals surface area contributed by atoms with Gasteiger partial charge in [-0.05, 0) is 42.0 Å². The number of pyridine rings is 1. The minimum absolute atomic E-state index is 0.160. The van der Waals surface area contributed by atoms with Crippen molar-refractivity contribution < 1.29 is 14.3 Å². The number of benzene rings is 4. The number of aryl methyl sites for hydroxylation is 1. The second kappa shape index (κ2) is 9.13. The van der Waals surface area contributed by atoms with Gasteiger partial charge in [-0.3, -0.25) is 0 Å². The number of carbonyl (C=O) groups excluding carboxylic acids is 1. The van der Waals surface area contributed by atoms with Gasteiger partial charge < -0.3 is 9.47 Å². The SMILES string of the molecule is Cc1ccc(OCCOC(=O)c2cc(-c3cccc4ccccc34)nc3ccccc23)cc1. The van der Waals surface area contributed by atoms with E-state index in [0.29, 0.717) is 5.56 Å². The molecule has 0 saturated carbocycles. The summed E-state index contributed by atoms with van der Waals surface area (Å²) >= 11 is 0. The van der Waals surface area contributed by atoms with Crippen LogP contribution in [0.1, 0.15) is 15.9 Å². The van der Waals surface area contributed by atoms with Crippen LogP contribution in [0, 0.1) is 6.92 Å². The first-order chi connectivity index (χ1) is 16.2. The molecule has 0 N–H and O–H groups in total. The smallest absolute Gasteiger partial charge is 0.339 e. The van der Waals surface area contributed by atoms with E-state index in [1.165, 1.54) is 5.56 Å². The molecule has 0 aliphatic heterocycles. The highest BCUT2D eigenvalue weighted by molar-refractivity contribution is 6.06. The van der Waals surface area contributed by atoms with Crippen LogP contribution in [-0.2, 0) is 4.74 Å². The number of para-hydroxylation sites is 1. The first kappa shape index (κ1) is 20.7. The van der Waals surface area contributed by atoms with Crippen molar-refractivity contribution in [3.05, 3.63) is 108 Å². The number of aromatic nitrogens is 1. The van der Waals surface area contributed by atoms with Crippen LogP contribution in [0.3, 0.4) is 0 Å². The Hall–Kier alpha value is -4.18. The molecule has 0 radical (unpaired) electrons. The van der Waals surface area contributed by atoms with E-state index in [0.717, 1.165) is 38.7 Å². The van der Waals surface area contributed by atoms with Crippen molar-refractivity contribution in [1.82, 2.24) is 4.98 Å². The molecule has 0 unspecified atom stereocenters. The van der Waals surface area contributed by atoms with Gasteiger partial charge in [0.05, 0.1) is 16.8 Å². The Bertz CT molecular complexity index is 1440. The number of esters is 1. The zero-order valence-electron chi connectivity index (χ0n) is 18.3. The van der Waals surface area contributed by atoms with E-state index in [1.807, 2.05) is 85.8 Å². The van der Waals surface area contributed by atoms with Crippen LogP contribution in [0.5, 0.6) is 5.75 Å². The maximum absolute atomic E-state index is 13.1. The maximum Gasteiger partial charge on any atom is 0.339 e. The summed E-state index contributed by atoms with van der Waals surface area (Å²) in [5, 5.41) is 2.99. The normalized spacial score (nSPS) is 10.9. The van der Waals surface area contributed by atoms with Gasteiger partial charge in [0.15, 0.2) is 0 Å². The monoisotopic (exact) mass is 433 g/mol. The molecular formula is C29H23NO3. The van der Waals surface area contributed by atoms with E-state index in [2.05, 4.69) is 18.2 Å². The largest absolute Gasteiger partial charge is 0.490 e. The summed E-state index contributed by atoms with van der Waals surface area (Å²) in [6.45, 7) is 2.47. The molecule has 5 aromatic rings. The molecule has 0 aliphatic carbocycles. The van der Waals surface area contributed by atoms with Gasteiger partial charge in [-0.25, -0.2) is 9.78 Å². The number of rotatable bonds is 6. The number of ether oxygens (including phenoxy) is 2. The number of carbonyl (C=O) groups is 1. The van der Waals surface area contributed by atoms with Gasteiger partial charge in [0.2, 0.25) is 0 Å². The minimum atomic E-state index is -0.386. The summed E-state index contributed by atoms with van der Waals surface area (Å²) in [5.74, 6) is 0.367. The first-order valence-electron chi connectivity index (χ1n) is 10.9. The zero-order chi connectivity index (χ0) is 22.6. The lowest BCUT2D eigenvalue weighted by atomic mass is 9.99. The standard InChI is InChI=1S/C29H23NO3/c1-20-13-15-22(16-14-20)32-17-18-33-29(31)26-19-28(30-27-12-5-4-10-25(26)27)24-11-6-8-21-7-2-3-9-23(21)24/h2-16,19H,17-18H2,1H3. The molecular weight excluding hydrogens is 410 g/mol. The van der Waals surface area contributed by atoms with Gasteiger partial charge in [-0.1, -0.05) is 78.4 Å². The van der Waals surface area contributed by atoms with Crippen LogP contribution in [0.4, 0.5) is 0 Å². The number of hydrogen-bond acceptors (Lipinski definition) is 4. The fraction of sp³-hybridized carbons (Fsp3) is 0.103. The van der Waals surface area contributed by atoms with E-state index in [-0.39, 0.29) is 19.2 Å². The summed E-state index contributed by atoms with van der Waals surface area (Å²) in [5.41, 5.74) is 4.15. The van der Waals surface area contributed by atoms with E-state index in [1.54, 1.807) is 0 Å². The summed E-state index contributed by atoms with van der Waals surface area (Å²) in [7, 11) is 0. The van der Waals surface area contributed by atoms with Gasteiger partial charge in [0.1, 0.15) is 19.0 Å². The van der Waals surface area contributed by atoms with E-state index >= 15 is 0 Å². The molecule has 1 heterocycles. The van der Waals surface area contributed by atoms with Crippen LogP contribution >= 0.6 is 0 Å². The third-order valence-corrected chi connectivity index (χ3v) is 5.61. The molecule has 4 aromatic carbocycles. The molecule has 162 valence electrons. The second-order valence-electron chi connectivity index (χ2n) is 7.90. The van der Waals surface area contributed by atoms with Crippen molar-refractivity contribution in [2.24, 2.45) is 0 Å². The van der Waals surface area contributed by atoms with Crippen LogP contribution in [-0.4, -0.2) is 24.2 Å². The molecule has 5 rings (SSSR count). The van der Waals surface area contributed by atoms with Gasteiger partial charge in [0.25, 0.3) is 0 Å². The molecule has 0 spiro atoms. The molecule has 0 atom stereocenters. The highest BCUT2D eigenvalue weighted by atomic mass is 16.6. The van der Waals surface area contributed by atoms with Gasteiger partial charge in [0, 0.05) is 10.9 Å². The molecule has 4 nitrogen and oxygen atoms in total. The molecule has 0 saturated heterocycles. The van der Waals surface area contributed by atoms with Crippen molar-refractivity contribution >= 4 is 27.6 Å². The molecule has 0 fully saturated rings. The Morgan fingerprint density at radius 1 is 0.788 bits per heavy atom. The first-order valence-corrected chi connectivity index (χ1v) is 10.9. The van der Waals surface area contributed by atoms with Crippen molar-refractivity contribution in [3.63, 3.8) is 0 Å². The lowest BCUT2D eigenvalue weighted by Gasteiger charge is -2.12. The summed E-state index contributed by atoms with van der Waals surface area (Å²) < 4.78 is 11.3. The Labute approximate surface area is 192 Å². The van der Waals surface area contributed by atoms with Crippen LogP contribution in [0.2, 0.25) is 0 Å². The zero-order valence-corrected chi connectivity index (χ0v) is 18.3. The van der Waals surface area contributed by atoms with Crippen LogP contribution in [0.25, 0.3) is 32.9 Å². The van der Waals surface area contributed by atoms with Crippen molar-refractivity contribution in [1.29, 1.82) is 0 Å². The molecule has 0 aliphatic rings. The Balaban J connectivity index is 1.42. The average molecular weight is 434 g/mol. The summed E-state index contributed by atoms with van der Waals surface area (Å²) in [4.78, 5) is 17.9. The van der Waals surface area contributed by atoms with Crippen LogP contribution in [0.15, 0.2) is 97.1 Å². The number of nitrogens with zero attached hydrogens (tertiary/aromatic N) is 1. The van der Waals surface area contributed by atoms with Crippen molar-refractivity contribution in [2.45, 2.75) is 6.92 Å². The molecule has 1 aromatic heterocycles. The molecule has 4 heteroatoms. The molecule has 0 bridgehead atoms. The number of hydrogen-bond donors (Lipinski definition) is 0. The second-order valence-corrected chi connectivity index (χ2v) is 7.90. The van der Waals surface area contributed by atoms with Crippen molar-refractivity contribution in [3.8, 4) is 17.0 Å². The molecule has 33 heavy (non-hydrogen) atoms. The third kappa shape index (κ3) is 4.41. The number of fused-ring (bicyclic) bond motifs is 2. The predicted molar refractivity (Wildman–Crippen MR) is 132 cm³/mol. The third-order valence-electron chi connectivity index (χ3n) is 5.61. The highest BCUT2D eigenvalue weighted by Gasteiger charge is 2.16. The van der Waals surface area contributed by atoms with E-state index in [9.17, 15) is 4.79 Å².